The molecule has 4 nitrogen and oxygen atoms in total. The van der Waals surface area contributed by atoms with Crippen LogP contribution >= 0.6 is 0 Å². The Hall–Kier alpha value is -3.28. The Morgan fingerprint density at radius 3 is 2.18 bits per heavy atom. The van der Waals surface area contributed by atoms with Gasteiger partial charge in [0, 0.05) is 6.07 Å². The quantitative estimate of drug-likeness (QED) is 0.358. The average molecular weight is 491 g/mol. The number of ether oxygens (including phenoxy) is 1. The van der Waals surface area contributed by atoms with E-state index >= 15 is 0 Å². The molecule has 0 aromatic heterocycles. The summed E-state index contributed by atoms with van der Waals surface area (Å²) in [7, 11) is -4.58. The molecule has 0 bridgehead atoms. The van der Waals surface area contributed by atoms with Crippen molar-refractivity contribution in [3.63, 3.8) is 0 Å². The maximum absolute atomic E-state index is 14.3. The highest BCUT2D eigenvalue weighted by atomic mass is 32.2. The summed E-state index contributed by atoms with van der Waals surface area (Å²) in [6.45, 7) is -0.501. The van der Waals surface area contributed by atoms with Crippen LogP contribution in [0.15, 0.2) is 53.4 Å². The molecule has 0 fully saturated rings. The molecule has 1 aliphatic rings. The Bertz CT molecular complexity index is 1330. The zero-order valence-corrected chi connectivity index (χ0v) is 17.1. The maximum Gasteiger partial charge on any atom is 0.416 e. The Morgan fingerprint density at radius 1 is 0.879 bits per heavy atom. The highest BCUT2D eigenvalue weighted by Crippen LogP contribution is 2.41. The minimum absolute atomic E-state index is 0.0279. The number of rotatable bonds is 3. The highest BCUT2D eigenvalue weighted by Gasteiger charge is 2.35. The third-order valence-electron chi connectivity index (χ3n) is 4.93. The number of benzene rings is 3. The molecule has 0 saturated carbocycles. The number of hydrogen-bond acceptors (Lipinski definition) is 3. The number of halogens is 7. The molecule has 3 aromatic rings. The lowest BCUT2D eigenvalue weighted by atomic mass is 10.0. The summed E-state index contributed by atoms with van der Waals surface area (Å²) in [5, 5.41) is 0. The summed E-state index contributed by atoms with van der Waals surface area (Å²) < 4.78 is 127. The molecule has 1 aliphatic heterocycles. The molecule has 0 N–H and O–H groups in total. The second-order valence-corrected chi connectivity index (χ2v) is 8.84. The first-order chi connectivity index (χ1) is 15.4. The van der Waals surface area contributed by atoms with Crippen LogP contribution in [0.1, 0.15) is 5.56 Å². The predicted octanol–water partition coefficient (Wildman–Crippen LogP) is 5.52. The van der Waals surface area contributed by atoms with Gasteiger partial charge in [0.2, 0.25) is 0 Å². The first-order valence-corrected chi connectivity index (χ1v) is 10.7. The molecule has 3 aromatic carbocycles. The fourth-order valence-corrected chi connectivity index (χ4v) is 4.88. The largest absolute Gasteiger partial charge is 0.489 e. The molecule has 0 aliphatic carbocycles. The Labute approximate surface area is 182 Å². The van der Waals surface area contributed by atoms with E-state index in [0.29, 0.717) is 16.4 Å². The van der Waals surface area contributed by atoms with Crippen molar-refractivity contribution in [2.24, 2.45) is 0 Å². The molecule has 33 heavy (non-hydrogen) atoms. The van der Waals surface area contributed by atoms with Crippen LogP contribution in [-0.2, 0) is 16.2 Å². The van der Waals surface area contributed by atoms with Crippen molar-refractivity contribution >= 4 is 15.7 Å². The Kier molecular flexibility index (Phi) is 5.51. The van der Waals surface area contributed by atoms with Crippen LogP contribution in [0.2, 0.25) is 0 Å². The molecule has 0 amide bonds. The number of alkyl halides is 3. The van der Waals surface area contributed by atoms with E-state index in [2.05, 4.69) is 0 Å². The normalized spacial score (nSPS) is 14.1. The predicted molar refractivity (Wildman–Crippen MR) is 103 cm³/mol. The van der Waals surface area contributed by atoms with E-state index < -0.39 is 61.1 Å². The monoisotopic (exact) mass is 491 g/mol. The van der Waals surface area contributed by atoms with Crippen LogP contribution in [0.5, 0.6) is 5.75 Å². The zero-order chi connectivity index (χ0) is 24.1. The molecule has 174 valence electrons. The smallest absolute Gasteiger partial charge is 0.416 e. The fourth-order valence-electron chi connectivity index (χ4n) is 3.39. The Balaban J connectivity index is 1.86. The van der Waals surface area contributed by atoms with Gasteiger partial charge in [-0.3, -0.25) is 4.31 Å². The number of hydrogen-bond donors (Lipinski definition) is 0. The maximum atomic E-state index is 14.3. The molecule has 0 atom stereocenters. The molecular weight excluding hydrogens is 479 g/mol. The summed E-state index contributed by atoms with van der Waals surface area (Å²) in [6, 6.07) is 6.21. The van der Waals surface area contributed by atoms with Crippen molar-refractivity contribution in [2.45, 2.75) is 11.1 Å². The van der Waals surface area contributed by atoms with Crippen LogP contribution in [0.25, 0.3) is 11.1 Å². The first kappa shape index (κ1) is 22.9. The summed E-state index contributed by atoms with van der Waals surface area (Å²) in [4.78, 5) is -0.676. The fraction of sp³-hybridized carbons (Fsp3) is 0.143. The lowest BCUT2D eigenvalue weighted by molar-refractivity contribution is -0.137. The summed E-state index contributed by atoms with van der Waals surface area (Å²) in [6.07, 6.45) is -4.79. The van der Waals surface area contributed by atoms with Crippen LogP contribution in [0.3, 0.4) is 0 Å². The van der Waals surface area contributed by atoms with Gasteiger partial charge in [-0.25, -0.2) is 26.0 Å². The van der Waals surface area contributed by atoms with Gasteiger partial charge in [0.25, 0.3) is 10.0 Å². The van der Waals surface area contributed by atoms with Crippen LogP contribution < -0.4 is 9.04 Å². The standard InChI is InChI=1S/C21H12F7NO3S/c22-14-10-15(23)20(25)18(19(14)24)11-4-5-17-16(8-11)29(6-7-32-17)33(30,31)13-3-1-2-12(9-13)21(26,27)28/h1-5,8-10H,6-7H2. The second-order valence-electron chi connectivity index (χ2n) is 6.98. The zero-order valence-electron chi connectivity index (χ0n) is 16.3. The SMILES string of the molecule is O=S(=O)(c1cccc(C(F)(F)F)c1)N1CCOc2ccc(-c3c(F)c(F)cc(F)c3F)cc21. The van der Waals surface area contributed by atoms with E-state index in [1.165, 1.54) is 0 Å². The van der Waals surface area contributed by atoms with Gasteiger partial charge in [-0.15, -0.1) is 0 Å². The van der Waals surface area contributed by atoms with Crippen molar-refractivity contribution in [1.29, 1.82) is 0 Å². The van der Waals surface area contributed by atoms with Crippen molar-refractivity contribution in [2.75, 3.05) is 17.5 Å². The van der Waals surface area contributed by atoms with E-state index in [0.717, 1.165) is 30.3 Å². The number of fused-ring (bicyclic) bond motifs is 1. The third kappa shape index (κ3) is 3.99. The molecule has 4 rings (SSSR count). The van der Waals surface area contributed by atoms with Crippen molar-refractivity contribution < 1.29 is 43.9 Å². The van der Waals surface area contributed by atoms with Gasteiger partial charge >= 0.3 is 6.18 Å². The van der Waals surface area contributed by atoms with Gasteiger partial charge in [0.05, 0.1) is 28.3 Å². The molecule has 0 unspecified atom stereocenters. The second kappa shape index (κ2) is 7.94. The van der Waals surface area contributed by atoms with E-state index in [1.807, 2.05) is 0 Å². The lowest BCUT2D eigenvalue weighted by Gasteiger charge is -2.31. The third-order valence-corrected chi connectivity index (χ3v) is 6.74. The minimum atomic E-state index is -4.79. The summed E-state index contributed by atoms with van der Waals surface area (Å²) in [5.74, 6) is -6.77. The molecular formula is C21H12F7NO3S. The molecule has 1 heterocycles. The molecule has 12 heteroatoms. The number of nitrogens with zero attached hydrogens (tertiary/aromatic N) is 1. The minimum Gasteiger partial charge on any atom is -0.489 e. The van der Waals surface area contributed by atoms with Crippen molar-refractivity contribution in [1.82, 2.24) is 0 Å². The average Bonchev–Trinajstić information content (AvgIpc) is 2.77. The highest BCUT2D eigenvalue weighted by molar-refractivity contribution is 7.92. The summed E-state index contributed by atoms with van der Waals surface area (Å²) in [5.41, 5.74) is -2.93. The number of sulfonamides is 1. The van der Waals surface area contributed by atoms with E-state index in [4.69, 9.17) is 4.74 Å². The molecule has 0 saturated heterocycles. The van der Waals surface area contributed by atoms with Gasteiger partial charge in [-0.05, 0) is 35.9 Å². The van der Waals surface area contributed by atoms with Gasteiger partial charge in [-0.1, -0.05) is 12.1 Å². The Morgan fingerprint density at radius 2 is 1.55 bits per heavy atom. The van der Waals surface area contributed by atoms with Crippen molar-refractivity contribution in [3.05, 3.63) is 77.4 Å². The van der Waals surface area contributed by atoms with Gasteiger partial charge in [-0.2, -0.15) is 13.2 Å². The van der Waals surface area contributed by atoms with Gasteiger partial charge in [0.15, 0.2) is 23.3 Å². The molecule has 0 radical (unpaired) electrons. The van der Waals surface area contributed by atoms with Crippen LogP contribution in [0, 0.1) is 23.3 Å². The number of anilines is 1. The van der Waals surface area contributed by atoms with Gasteiger partial charge < -0.3 is 4.74 Å². The topological polar surface area (TPSA) is 46.6 Å². The lowest BCUT2D eigenvalue weighted by Crippen LogP contribution is -2.38. The van der Waals surface area contributed by atoms with E-state index in [1.54, 1.807) is 0 Å². The van der Waals surface area contributed by atoms with E-state index in [9.17, 15) is 39.2 Å². The van der Waals surface area contributed by atoms with E-state index in [-0.39, 0.29) is 30.7 Å². The first-order valence-electron chi connectivity index (χ1n) is 9.21. The van der Waals surface area contributed by atoms with Crippen LogP contribution in [-0.4, -0.2) is 21.6 Å². The summed E-state index contributed by atoms with van der Waals surface area (Å²) >= 11 is 0. The van der Waals surface area contributed by atoms with Crippen LogP contribution in [0.4, 0.5) is 36.4 Å². The van der Waals surface area contributed by atoms with Gasteiger partial charge in [0.1, 0.15) is 12.4 Å². The van der Waals surface area contributed by atoms with Crippen molar-refractivity contribution in [3.8, 4) is 16.9 Å². The molecule has 0 spiro atoms.